The van der Waals surface area contributed by atoms with Crippen molar-refractivity contribution in [3.63, 3.8) is 0 Å². The van der Waals surface area contributed by atoms with Gasteiger partial charge < -0.3 is 5.32 Å². The molecule has 4 heteroatoms. The van der Waals surface area contributed by atoms with E-state index in [0.29, 0.717) is 11.6 Å². The lowest BCUT2D eigenvalue weighted by molar-refractivity contribution is -0.115. The van der Waals surface area contributed by atoms with Gasteiger partial charge in [0.05, 0.1) is 16.6 Å². The number of carbonyl (C=O) groups is 1. The Morgan fingerprint density at radius 2 is 1.88 bits per heavy atom. The number of benzene rings is 3. The van der Waals surface area contributed by atoms with Crippen LogP contribution in [0.3, 0.4) is 0 Å². The summed E-state index contributed by atoms with van der Waals surface area (Å²) in [5.41, 5.74) is 4.41. The van der Waals surface area contributed by atoms with E-state index in [1.165, 1.54) is 22.5 Å². The minimum atomic E-state index is -0.0355. The molecule has 1 heterocycles. The first kappa shape index (κ1) is 15.8. The van der Waals surface area contributed by atoms with Gasteiger partial charge in [0.15, 0.2) is 5.13 Å². The van der Waals surface area contributed by atoms with E-state index in [1.54, 1.807) is 0 Å². The van der Waals surface area contributed by atoms with Gasteiger partial charge in [-0.05, 0) is 42.0 Å². The van der Waals surface area contributed by atoms with Gasteiger partial charge in [-0.15, -0.1) is 0 Å². The average molecular weight is 346 g/mol. The molecule has 0 bridgehead atoms. The van der Waals surface area contributed by atoms with Crippen LogP contribution in [0.2, 0.25) is 0 Å². The minimum absolute atomic E-state index is 0.0355. The second-order valence-electron chi connectivity index (χ2n) is 6.30. The molecule has 0 atom stereocenters. The molecule has 0 saturated carbocycles. The number of amides is 1. The van der Waals surface area contributed by atoms with Crippen molar-refractivity contribution in [2.24, 2.45) is 0 Å². The molecule has 25 heavy (non-hydrogen) atoms. The number of nitrogens with zero attached hydrogens (tertiary/aromatic N) is 1. The molecule has 0 aliphatic heterocycles. The van der Waals surface area contributed by atoms with Crippen molar-refractivity contribution in [1.29, 1.82) is 0 Å². The number of rotatable bonds is 3. The van der Waals surface area contributed by atoms with Crippen LogP contribution in [0.5, 0.6) is 0 Å². The smallest absolute Gasteiger partial charge is 0.230 e. The van der Waals surface area contributed by atoms with Gasteiger partial charge in [-0.3, -0.25) is 4.79 Å². The first-order chi connectivity index (χ1) is 12.1. The van der Waals surface area contributed by atoms with Crippen LogP contribution in [-0.2, 0) is 11.2 Å². The van der Waals surface area contributed by atoms with Crippen molar-refractivity contribution in [1.82, 2.24) is 4.98 Å². The lowest BCUT2D eigenvalue weighted by atomic mass is 10.0. The number of hydrogen-bond acceptors (Lipinski definition) is 3. The monoisotopic (exact) mass is 346 g/mol. The van der Waals surface area contributed by atoms with E-state index in [-0.39, 0.29) is 5.91 Å². The van der Waals surface area contributed by atoms with E-state index in [0.717, 1.165) is 26.6 Å². The molecule has 0 spiro atoms. The van der Waals surface area contributed by atoms with Gasteiger partial charge in [0.1, 0.15) is 0 Å². The van der Waals surface area contributed by atoms with E-state index in [4.69, 9.17) is 0 Å². The maximum atomic E-state index is 12.4. The molecular weight excluding hydrogens is 328 g/mol. The van der Waals surface area contributed by atoms with Gasteiger partial charge in [-0.25, -0.2) is 4.98 Å². The second kappa shape index (κ2) is 6.30. The molecule has 3 aromatic carbocycles. The summed E-state index contributed by atoms with van der Waals surface area (Å²) < 4.78 is 1.08. The lowest BCUT2D eigenvalue weighted by Gasteiger charge is -2.05. The highest BCUT2D eigenvalue weighted by molar-refractivity contribution is 7.22. The number of aromatic nitrogens is 1. The number of anilines is 1. The van der Waals surface area contributed by atoms with Crippen molar-refractivity contribution in [2.45, 2.75) is 20.3 Å². The Morgan fingerprint density at radius 1 is 1.04 bits per heavy atom. The van der Waals surface area contributed by atoms with Crippen LogP contribution in [0.1, 0.15) is 16.7 Å². The SMILES string of the molecule is Cc1ccc(CC(=O)Nc2nc3c(ccc4ccccc43)s2)cc1C. The first-order valence-electron chi connectivity index (χ1n) is 8.24. The number of fused-ring (bicyclic) bond motifs is 3. The molecule has 4 aromatic rings. The van der Waals surface area contributed by atoms with Crippen LogP contribution < -0.4 is 5.32 Å². The van der Waals surface area contributed by atoms with E-state index in [9.17, 15) is 4.79 Å². The zero-order chi connectivity index (χ0) is 17.4. The van der Waals surface area contributed by atoms with Gasteiger partial charge in [0.25, 0.3) is 0 Å². The van der Waals surface area contributed by atoms with Crippen molar-refractivity contribution < 1.29 is 4.79 Å². The van der Waals surface area contributed by atoms with Crippen LogP contribution in [0.25, 0.3) is 21.0 Å². The molecule has 4 rings (SSSR count). The zero-order valence-corrected chi connectivity index (χ0v) is 15.0. The molecule has 0 aliphatic carbocycles. The summed E-state index contributed by atoms with van der Waals surface area (Å²) >= 11 is 1.51. The Kier molecular flexibility index (Phi) is 3.98. The molecule has 3 nitrogen and oxygen atoms in total. The van der Waals surface area contributed by atoms with E-state index < -0.39 is 0 Å². The third kappa shape index (κ3) is 3.13. The summed E-state index contributed by atoms with van der Waals surface area (Å²) in [6.07, 6.45) is 0.359. The first-order valence-corrected chi connectivity index (χ1v) is 9.06. The summed E-state index contributed by atoms with van der Waals surface area (Å²) in [7, 11) is 0. The Bertz CT molecular complexity index is 1100. The van der Waals surface area contributed by atoms with E-state index in [2.05, 4.69) is 60.5 Å². The molecule has 1 aromatic heterocycles. The fraction of sp³-hybridized carbons (Fsp3) is 0.143. The topological polar surface area (TPSA) is 42.0 Å². The van der Waals surface area contributed by atoms with Gasteiger partial charge >= 0.3 is 0 Å². The molecule has 0 radical (unpaired) electrons. The Hall–Kier alpha value is -2.72. The Morgan fingerprint density at radius 3 is 2.72 bits per heavy atom. The van der Waals surface area contributed by atoms with E-state index >= 15 is 0 Å². The van der Waals surface area contributed by atoms with Crippen molar-refractivity contribution in [3.05, 3.63) is 71.3 Å². The summed E-state index contributed by atoms with van der Waals surface area (Å²) in [4.78, 5) is 17.0. The zero-order valence-electron chi connectivity index (χ0n) is 14.2. The van der Waals surface area contributed by atoms with Crippen molar-refractivity contribution >= 4 is 43.4 Å². The van der Waals surface area contributed by atoms with Gasteiger partial charge in [0.2, 0.25) is 5.91 Å². The standard InChI is InChI=1S/C21H18N2OS/c1-13-7-8-15(11-14(13)2)12-19(24)22-21-23-20-17-6-4-3-5-16(17)9-10-18(20)25-21/h3-11H,12H2,1-2H3,(H,22,23,24). The van der Waals surface area contributed by atoms with Crippen LogP contribution in [0.4, 0.5) is 5.13 Å². The highest BCUT2D eigenvalue weighted by Crippen LogP contribution is 2.31. The molecule has 124 valence electrons. The summed E-state index contributed by atoms with van der Waals surface area (Å²) in [5, 5.41) is 5.88. The average Bonchev–Trinajstić information content (AvgIpc) is 3.01. The fourth-order valence-corrected chi connectivity index (χ4v) is 3.88. The summed E-state index contributed by atoms with van der Waals surface area (Å²) in [5.74, 6) is -0.0355. The molecule has 1 amide bonds. The molecule has 0 fully saturated rings. The molecular formula is C21H18N2OS. The predicted molar refractivity (Wildman–Crippen MR) is 105 cm³/mol. The highest BCUT2D eigenvalue weighted by Gasteiger charge is 2.11. The van der Waals surface area contributed by atoms with Crippen LogP contribution in [0.15, 0.2) is 54.6 Å². The number of nitrogens with one attached hydrogen (secondary N) is 1. The normalized spacial score (nSPS) is 11.1. The Balaban J connectivity index is 1.58. The van der Waals surface area contributed by atoms with Gasteiger partial charge in [-0.1, -0.05) is 59.9 Å². The fourth-order valence-electron chi connectivity index (χ4n) is 2.98. The molecule has 0 unspecified atom stereocenters. The minimum Gasteiger partial charge on any atom is -0.302 e. The maximum absolute atomic E-state index is 12.4. The summed E-state index contributed by atoms with van der Waals surface area (Å²) in [6.45, 7) is 4.14. The van der Waals surface area contributed by atoms with Gasteiger partial charge in [-0.2, -0.15) is 0 Å². The largest absolute Gasteiger partial charge is 0.302 e. The van der Waals surface area contributed by atoms with E-state index in [1.807, 2.05) is 18.2 Å². The highest BCUT2D eigenvalue weighted by atomic mass is 32.1. The number of carbonyl (C=O) groups excluding carboxylic acids is 1. The van der Waals surface area contributed by atoms with Gasteiger partial charge in [0, 0.05) is 5.39 Å². The number of thiazole rings is 1. The quantitative estimate of drug-likeness (QED) is 0.551. The second-order valence-corrected chi connectivity index (χ2v) is 7.33. The van der Waals surface area contributed by atoms with Crippen LogP contribution in [0, 0.1) is 13.8 Å². The van der Waals surface area contributed by atoms with Crippen LogP contribution >= 0.6 is 11.3 Å². The third-order valence-electron chi connectivity index (χ3n) is 4.47. The number of aryl methyl sites for hydroxylation is 2. The molecule has 0 saturated heterocycles. The predicted octanol–water partition coefficient (Wildman–Crippen LogP) is 5.25. The molecule has 1 N–H and O–H groups in total. The molecule has 0 aliphatic rings. The number of hydrogen-bond donors (Lipinski definition) is 1. The van der Waals surface area contributed by atoms with Crippen molar-refractivity contribution in [2.75, 3.05) is 5.32 Å². The van der Waals surface area contributed by atoms with Crippen molar-refractivity contribution in [3.8, 4) is 0 Å². The lowest BCUT2D eigenvalue weighted by Crippen LogP contribution is -2.14. The Labute approximate surface area is 150 Å². The summed E-state index contributed by atoms with van der Waals surface area (Å²) in [6, 6.07) is 18.5. The maximum Gasteiger partial charge on any atom is 0.230 e. The van der Waals surface area contributed by atoms with Crippen LogP contribution in [-0.4, -0.2) is 10.9 Å². The third-order valence-corrected chi connectivity index (χ3v) is 5.40.